The normalized spacial score (nSPS) is 23.6. The van der Waals surface area contributed by atoms with Gasteiger partial charge in [0.1, 0.15) is 0 Å². The van der Waals surface area contributed by atoms with Crippen LogP contribution in [0.1, 0.15) is 44.5 Å². The highest BCUT2D eigenvalue weighted by molar-refractivity contribution is 6.25. The maximum Gasteiger partial charge on any atom is 0.432 e. The van der Waals surface area contributed by atoms with Gasteiger partial charge in [0, 0.05) is 0 Å². The first kappa shape index (κ1) is 23.4. The second-order valence-corrected chi connectivity index (χ2v) is 10.3. The minimum atomic E-state index is -5.11. The Balaban J connectivity index is 1.80. The van der Waals surface area contributed by atoms with Crippen LogP contribution < -0.4 is 0 Å². The summed E-state index contributed by atoms with van der Waals surface area (Å²) in [6, 6.07) is 25.9. The fourth-order valence-corrected chi connectivity index (χ4v) is 7.69. The van der Waals surface area contributed by atoms with Crippen LogP contribution in [-0.2, 0) is 10.8 Å². The largest absolute Gasteiger partial charge is 0.432 e. The van der Waals surface area contributed by atoms with Gasteiger partial charge in [-0.3, -0.25) is 0 Å². The summed E-state index contributed by atoms with van der Waals surface area (Å²) in [5, 5.41) is 6.94. The predicted molar refractivity (Wildman–Crippen MR) is 139 cm³/mol. The molecule has 1 heterocycles. The van der Waals surface area contributed by atoms with Crippen molar-refractivity contribution < 1.29 is 26.3 Å². The van der Waals surface area contributed by atoms with Crippen LogP contribution in [0.4, 0.5) is 26.3 Å². The van der Waals surface area contributed by atoms with Crippen LogP contribution in [0, 0.1) is 0 Å². The van der Waals surface area contributed by atoms with Gasteiger partial charge in [-0.1, -0.05) is 97.1 Å². The molecule has 1 aliphatic heterocycles. The second kappa shape index (κ2) is 7.18. The number of alkyl halides is 6. The second-order valence-electron chi connectivity index (χ2n) is 10.3. The molecule has 0 radical (unpaired) electrons. The summed E-state index contributed by atoms with van der Waals surface area (Å²) in [5.41, 5.74) is -3.97. The molecule has 4 bridgehead atoms. The Bertz CT molecular complexity index is 1650. The molecule has 8 heteroatoms. The first-order valence-electron chi connectivity index (χ1n) is 12.6. The molecule has 0 aromatic heterocycles. The van der Waals surface area contributed by atoms with E-state index in [0.29, 0.717) is 33.4 Å². The van der Waals surface area contributed by atoms with E-state index >= 15 is 26.3 Å². The van der Waals surface area contributed by atoms with E-state index < -0.39 is 34.6 Å². The molecule has 40 heavy (non-hydrogen) atoms. The number of benzene rings is 4. The average Bonchev–Trinajstić information content (AvgIpc) is 2.92. The van der Waals surface area contributed by atoms with Crippen molar-refractivity contribution in [3.05, 3.63) is 142 Å². The Kier molecular flexibility index (Phi) is 4.21. The van der Waals surface area contributed by atoms with Crippen LogP contribution in [-0.4, -0.2) is 23.8 Å². The van der Waals surface area contributed by atoms with E-state index in [1.54, 1.807) is 72.8 Å². The molecule has 4 aromatic rings. The van der Waals surface area contributed by atoms with Crippen molar-refractivity contribution >= 4 is 22.6 Å². The van der Waals surface area contributed by atoms with Gasteiger partial charge in [0.2, 0.25) is 0 Å². The van der Waals surface area contributed by atoms with Crippen LogP contribution in [0.3, 0.4) is 0 Å². The zero-order valence-electron chi connectivity index (χ0n) is 20.4. The van der Waals surface area contributed by atoms with E-state index in [4.69, 9.17) is 0 Å². The summed E-state index contributed by atoms with van der Waals surface area (Å²) in [7, 11) is 0. The standard InChI is InChI=1S/C32H16F6N2/c33-31(34,35)27-29-21-13-5-1-9-17(21)25(18-10-2-6-14-22(18)29)26-19-11-3-7-15-23(19)30(29,24-16-8-4-12-20(24)26)28(40-39-27)32(36,37)38/h1-16H. The average molecular weight is 542 g/mol. The highest BCUT2D eigenvalue weighted by atomic mass is 19.4. The molecule has 0 unspecified atom stereocenters. The first-order valence-corrected chi connectivity index (χ1v) is 12.6. The maximum absolute atomic E-state index is 15.4. The Morgan fingerprint density at radius 1 is 0.400 bits per heavy atom. The van der Waals surface area contributed by atoms with Crippen LogP contribution in [0.15, 0.2) is 107 Å². The van der Waals surface area contributed by atoms with Gasteiger partial charge in [0.25, 0.3) is 0 Å². The summed E-state index contributed by atoms with van der Waals surface area (Å²) < 4.78 is 92.3. The Morgan fingerprint density at radius 3 is 0.900 bits per heavy atom. The van der Waals surface area contributed by atoms with Crippen LogP contribution in [0.5, 0.6) is 0 Å². The van der Waals surface area contributed by atoms with Gasteiger partial charge in [0.15, 0.2) is 11.4 Å². The molecule has 0 saturated heterocycles. The van der Waals surface area contributed by atoms with Crippen LogP contribution in [0.25, 0.3) is 11.1 Å². The van der Waals surface area contributed by atoms with E-state index in [2.05, 4.69) is 10.2 Å². The minimum Gasteiger partial charge on any atom is -0.165 e. The Morgan fingerprint density at radius 2 is 0.650 bits per heavy atom. The number of hydrogen-bond acceptors (Lipinski definition) is 2. The minimum absolute atomic E-state index is 0.123. The lowest BCUT2D eigenvalue weighted by atomic mass is 9.40. The summed E-state index contributed by atoms with van der Waals surface area (Å²) in [5.74, 6) is 0. The molecule has 0 atom stereocenters. The molecule has 0 N–H and O–H groups in total. The summed E-state index contributed by atoms with van der Waals surface area (Å²) in [4.78, 5) is 0. The smallest absolute Gasteiger partial charge is 0.165 e. The van der Waals surface area contributed by atoms with Gasteiger partial charge in [0.05, 0.1) is 10.8 Å². The SMILES string of the molecule is FC(F)(F)C1=NN=C(C(F)(F)F)C23c4ccccc4C(=C4c5ccccc5C12c1ccccc14)c1ccccc13. The number of nitrogens with zero attached hydrogens (tertiary/aromatic N) is 2. The third kappa shape index (κ3) is 2.40. The van der Waals surface area contributed by atoms with Gasteiger partial charge in [-0.15, -0.1) is 10.2 Å². The van der Waals surface area contributed by atoms with Crippen molar-refractivity contribution in [2.24, 2.45) is 10.2 Å². The van der Waals surface area contributed by atoms with Gasteiger partial charge < -0.3 is 0 Å². The molecule has 0 saturated carbocycles. The Labute approximate surface area is 224 Å². The molecule has 196 valence electrons. The monoisotopic (exact) mass is 542 g/mol. The Hall–Kier alpha value is -4.46. The molecule has 6 aliphatic carbocycles. The van der Waals surface area contributed by atoms with Crippen molar-refractivity contribution in [1.82, 2.24) is 0 Å². The first-order chi connectivity index (χ1) is 19.1. The number of rotatable bonds is 0. The predicted octanol–water partition coefficient (Wildman–Crippen LogP) is 7.84. The van der Waals surface area contributed by atoms with E-state index in [1.165, 1.54) is 24.3 Å². The van der Waals surface area contributed by atoms with Gasteiger partial charge in [-0.05, 0) is 55.7 Å². The number of halogens is 6. The highest BCUT2D eigenvalue weighted by Crippen LogP contribution is 2.70. The summed E-state index contributed by atoms with van der Waals surface area (Å²) in [6.07, 6.45) is -10.2. The van der Waals surface area contributed by atoms with Gasteiger partial charge >= 0.3 is 12.4 Å². The third-order valence-electron chi connectivity index (χ3n) is 8.71. The van der Waals surface area contributed by atoms with Crippen LogP contribution >= 0.6 is 0 Å². The fourth-order valence-electron chi connectivity index (χ4n) is 7.69. The van der Waals surface area contributed by atoms with Crippen molar-refractivity contribution in [2.75, 3.05) is 0 Å². The van der Waals surface area contributed by atoms with Crippen molar-refractivity contribution in [1.29, 1.82) is 0 Å². The van der Waals surface area contributed by atoms with Crippen molar-refractivity contribution in [2.45, 2.75) is 23.2 Å². The molecule has 11 rings (SSSR count). The zero-order valence-corrected chi connectivity index (χ0v) is 20.4. The zero-order chi connectivity index (χ0) is 27.7. The molecule has 2 nitrogen and oxygen atoms in total. The molecular formula is C32H16F6N2. The topological polar surface area (TPSA) is 24.7 Å². The maximum atomic E-state index is 15.4. The number of hydrogen-bond donors (Lipinski definition) is 0. The molecule has 0 amide bonds. The lowest BCUT2D eigenvalue weighted by molar-refractivity contribution is -0.0729. The van der Waals surface area contributed by atoms with Gasteiger partial charge in [-0.2, -0.15) is 26.3 Å². The molecule has 4 aromatic carbocycles. The van der Waals surface area contributed by atoms with Gasteiger partial charge in [-0.25, -0.2) is 0 Å². The van der Waals surface area contributed by atoms with Crippen LogP contribution in [0.2, 0.25) is 0 Å². The molecular weight excluding hydrogens is 526 g/mol. The fraction of sp³-hybridized carbons (Fsp3) is 0.125. The summed E-state index contributed by atoms with van der Waals surface area (Å²) in [6.45, 7) is 0. The van der Waals surface area contributed by atoms with E-state index in [-0.39, 0.29) is 22.3 Å². The van der Waals surface area contributed by atoms with Crippen molar-refractivity contribution in [3.63, 3.8) is 0 Å². The van der Waals surface area contributed by atoms with E-state index in [1.807, 2.05) is 0 Å². The summed E-state index contributed by atoms with van der Waals surface area (Å²) >= 11 is 0. The molecule has 0 fully saturated rings. The molecule has 2 spiro atoms. The lowest BCUT2D eigenvalue weighted by Gasteiger charge is -2.60. The van der Waals surface area contributed by atoms with E-state index in [0.717, 1.165) is 0 Å². The molecule has 7 aliphatic rings. The van der Waals surface area contributed by atoms with E-state index in [9.17, 15) is 0 Å². The highest BCUT2D eigenvalue weighted by Gasteiger charge is 2.75. The third-order valence-corrected chi connectivity index (χ3v) is 8.71. The quantitative estimate of drug-likeness (QED) is 0.202. The lowest BCUT2D eigenvalue weighted by Crippen LogP contribution is -2.69. The van der Waals surface area contributed by atoms with Crippen molar-refractivity contribution in [3.8, 4) is 0 Å².